The van der Waals surface area contributed by atoms with Crippen LogP contribution in [0.25, 0.3) is 0 Å². The maximum atomic E-state index is 5.61. The predicted molar refractivity (Wildman–Crippen MR) is 57.8 cm³/mol. The molecule has 0 bridgehead atoms. The zero-order valence-corrected chi connectivity index (χ0v) is 9.13. The molecule has 0 spiro atoms. The molecule has 13 heavy (non-hydrogen) atoms. The lowest BCUT2D eigenvalue weighted by Gasteiger charge is -2.32. The minimum absolute atomic E-state index is 0.716. The molecule has 0 aromatic carbocycles. The van der Waals surface area contributed by atoms with Gasteiger partial charge in [0, 0.05) is 12.1 Å². The summed E-state index contributed by atoms with van der Waals surface area (Å²) in [7, 11) is 2.28. The Morgan fingerprint density at radius 2 is 2.00 bits per heavy atom. The van der Waals surface area contributed by atoms with Crippen molar-refractivity contribution >= 4 is 0 Å². The first-order chi connectivity index (χ1) is 6.29. The summed E-state index contributed by atoms with van der Waals surface area (Å²) in [6, 6.07) is 1.56. The van der Waals surface area contributed by atoms with Crippen molar-refractivity contribution in [2.45, 2.75) is 57.5 Å². The van der Waals surface area contributed by atoms with Crippen molar-refractivity contribution in [3.63, 3.8) is 0 Å². The summed E-state index contributed by atoms with van der Waals surface area (Å²) in [6.45, 7) is 3.10. The van der Waals surface area contributed by atoms with E-state index < -0.39 is 0 Å². The van der Waals surface area contributed by atoms with Crippen molar-refractivity contribution in [1.82, 2.24) is 4.90 Å². The minimum Gasteiger partial charge on any atom is -0.330 e. The van der Waals surface area contributed by atoms with E-state index in [4.69, 9.17) is 5.73 Å². The van der Waals surface area contributed by atoms with Gasteiger partial charge in [-0.25, -0.2) is 0 Å². The largest absolute Gasteiger partial charge is 0.330 e. The molecule has 0 aromatic rings. The van der Waals surface area contributed by atoms with Gasteiger partial charge in [-0.3, -0.25) is 0 Å². The summed E-state index contributed by atoms with van der Waals surface area (Å²) in [6.07, 6.45) is 8.05. The summed E-state index contributed by atoms with van der Waals surface area (Å²) in [4.78, 5) is 2.57. The molecule has 1 unspecified atom stereocenters. The first kappa shape index (κ1) is 11.0. The standard InChI is InChI=1S/C11H24N2/c1-3-10(8-9-12)13(2)11-6-4-5-7-11/h10-11H,3-9,12H2,1-2H3. The Kier molecular flexibility index (Phi) is 4.74. The number of hydrogen-bond acceptors (Lipinski definition) is 2. The van der Waals surface area contributed by atoms with Crippen LogP contribution in [0.5, 0.6) is 0 Å². The lowest BCUT2D eigenvalue weighted by atomic mass is 10.1. The highest BCUT2D eigenvalue weighted by Gasteiger charge is 2.23. The second kappa shape index (κ2) is 5.61. The molecular weight excluding hydrogens is 160 g/mol. The monoisotopic (exact) mass is 184 g/mol. The van der Waals surface area contributed by atoms with Gasteiger partial charge in [0.1, 0.15) is 0 Å². The molecule has 0 heterocycles. The Balaban J connectivity index is 2.37. The molecule has 1 atom stereocenters. The van der Waals surface area contributed by atoms with E-state index in [0.29, 0.717) is 6.04 Å². The van der Waals surface area contributed by atoms with Gasteiger partial charge >= 0.3 is 0 Å². The van der Waals surface area contributed by atoms with Crippen LogP contribution in [0.1, 0.15) is 45.4 Å². The van der Waals surface area contributed by atoms with Crippen LogP contribution in [-0.2, 0) is 0 Å². The second-order valence-electron chi connectivity index (χ2n) is 4.24. The highest BCUT2D eigenvalue weighted by Crippen LogP contribution is 2.25. The van der Waals surface area contributed by atoms with Crippen LogP contribution in [0.15, 0.2) is 0 Å². The lowest BCUT2D eigenvalue weighted by Crippen LogP contribution is -2.39. The Morgan fingerprint density at radius 1 is 1.38 bits per heavy atom. The third-order valence-electron chi connectivity index (χ3n) is 3.45. The average molecular weight is 184 g/mol. The van der Waals surface area contributed by atoms with Gasteiger partial charge in [-0.1, -0.05) is 19.8 Å². The van der Waals surface area contributed by atoms with E-state index >= 15 is 0 Å². The molecule has 0 aliphatic heterocycles. The molecule has 0 radical (unpaired) electrons. The van der Waals surface area contributed by atoms with Gasteiger partial charge in [-0.15, -0.1) is 0 Å². The van der Waals surface area contributed by atoms with Gasteiger partial charge < -0.3 is 10.6 Å². The Morgan fingerprint density at radius 3 is 2.46 bits per heavy atom. The molecule has 1 rings (SSSR count). The van der Waals surface area contributed by atoms with Crippen LogP contribution in [0.4, 0.5) is 0 Å². The minimum atomic E-state index is 0.716. The van der Waals surface area contributed by atoms with Crippen molar-refractivity contribution in [2.75, 3.05) is 13.6 Å². The van der Waals surface area contributed by atoms with Crippen LogP contribution in [0, 0.1) is 0 Å². The van der Waals surface area contributed by atoms with Crippen LogP contribution >= 0.6 is 0 Å². The van der Waals surface area contributed by atoms with Crippen molar-refractivity contribution in [2.24, 2.45) is 5.73 Å². The first-order valence-electron chi connectivity index (χ1n) is 5.71. The molecule has 1 aliphatic carbocycles. The molecule has 2 nitrogen and oxygen atoms in total. The smallest absolute Gasteiger partial charge is 0.0104 e. The number of rotatable bonds is 5. The summed E-state index contributed by atoms with van der Waals surface area (Å²) in [5, 5.41) is 0. The van der Waals surface area contributed by atoms with E-state index in [2.05, 4.69) is 18.9 Å². The second-order valence-corrected chi connectivity index (χ2v) is 4.24. The molecule has 1 fully saturated rings. The quantitative estimate of drug-likeness (QED) is 0.708. The number of hydrogen-bond donors (Lipinski definition) is 1. The van der Waals surface area contributed by atoms with Gasteiger partial charge in [0.05, 0.1) is 0 Å². The van der Waals surface area contributed by atoms with Crippen molar-refractivity contribution in [1.29, 1.82) is 0 Å². The van der Waals surface area contributed by atoms with Gasteiger partial charge in [0.2, 0.25) is 0 Å². The molecule has 78 valence electrons. The van der Waals surface area contributed by atoms with E-state index in [9.17, 15) is 0 Å². The summed E-state index contributed by atoms with van der Waals surface area (Å²) in [5.41, 5.74) is 5.61. The van der Waals surface area contributed by atoms with E-state index in [-0.39, 0.29) is 0 Å². The van der Waals surface area contributed by atoms with Gasteiger partial charge in [0.25, 0.3) is 0 Å². The highest BCUT2D eigenvalue weighted by atomic mass is 15.2. The van der Waals surface area contributed by atoms with Gasteiger partial charge in [0.15, 0.2) is 0 Å². The molecule has 0 saturated heterocycles. The molecule has 0 amide bonds. The predicted octanol–water partition coefficient (Wildman–Crippen LogP) is 1.99. The normalized spacial score (nSPS) is 21.2. The Labute approximate surface area is 82.5 Å². The third-order valence-corrected chi connectivity index (χ3v) is 3.45. The van der Waals surface area contributed by atoms with Crippen molar-refractivity contribution < 1.29 is 0 Å². The fourth-order valence-corrected chi connectivity index (χ4v) is 2.50. The van der Waals surface area contributed by atoms with Crippen LogP contribution < -0.4 is 5.73 Å². The van der Waals surface area contributed by atoms with Crippen LogP contribution in [-0.4, -0.2) is 30.6 Å². The summed E-state index contributed by atoms with van der Waals surface area (Å²) < 4.78 is 0. The molecule has 0 aromatic heterocycles. The fourth-order valence-electron chi connectivity index (χ4n) is 2.50. The molecule has 1 aliphatic rings. The van der Waals surface area contributed by atoms with E-state index in [0.717, 1.165) is 19.0 Å². The van der Waals surface area contributed by atoms with Crippen LogP contribution in [0.2, 0.25) is 0 Å². The maximum Gasteiger partial charge on any atom is 0.0104 e. The lowest BCUT2D eigenvalue weighted by molar-refractivity contribution is 0.163. The third kappa shape index (κ3) is 2.96. The molecular formula is C11H24N2. The molecule has 2 N–H and O–H groups in total. The summed E-state index contributed by atoms with van der Waals surface area (Å²) in [5.74, 6) is 0. The maximum absolute atomic E-state index is 5.61. The fraction of sp³-hybridized carbons (Fsp3) is 1.00. The molecule has 2 heteroatoms. The first-order valence-corrected chi connectivity index (χ1v) is 5.71. The van der Waals surface area contributed by atoms with Crippen molar-refractivity contribution in [3.8, 4) is 0 Å². The van der Waals surface area contributed by atoms with Gasteiger partial charge in [-0.2, -0.15) is 0 Å². The average Bonchev–Trinajstić information content (AvgIpc) is 2.65. The Bertz CT molecular complexity index is 130. The van der Waals surface area contributed by atoms with Crippen molar-refractivity contribution in [3.05, 3.63) is 0 Å². The van der Waals surface area contributed by atoms with Crippen LogP contribution in [0.3, 0.4) is 0 Å². The summed E-state index contributed by atoms with van der Waals surface area (Å²) >= 11 is 0. The highest BCUT2D eigenvalue weighted by molar-refractivity contribution is 4.80. The Hall–Kier alpha value is -0.0800. The zero-order chi connectivity index (χ0) is 9.68. The molecule has 1 saturated carbocycles. The van der Waals surface area contributed by atoms with E-state index in [1.807, 2.05) is 0 Å². The van der Waals surface area contributed by atoms with E-state index in [1.165, 1.54) is 32.1 Å². The van der Waals surface area contributed by atoms with E-state index in [1.54, 1.807) is 0 Å². The topological polar surface area (TPSA) is 29.3 Å². The SMILES string of the molecule is CCC(CCN)N(C)C1CCCC1. The zero-order valence-electron chi connectivity index (χ0n) is 9.13. The number of nitrogens with zero attached hydrogens (tertiary/aromatic N) is 1. The van der Waals surface area contributed by atoms with Gasteiger partial charge in [-0.05, 0) is 39.3 Å². The number of nitrogens with two attached hydrogens (primary N) is 1.